The Labute approximate surface area is 316 Å². The molecule has 12 rings (SSSR count). The Morgan fingerprint density at radius 3 is 2.04 bits per heavy atom. The van der Waals surface area contributed by atoms with E-state index in [1.165, 1.54) is 102 Å². The van der Waals surface area contributed by atoms with Gasteiger partial charge >= 0.3 is 0 Å². The first-order valence-corrected chi connectivity index (χ1v) is 19.6. The van der Waals surface area contributed by atoms with E-state index in [1.807, 2.05) is 17.4 Å². The molecule has 54 heavy (non-hydrogen) atoms. The minimum atomic E-state index is 0.422. The zero-order valence-corrected chi connectivity index (χ0v) is 30.2. The molecule has 8 aromatic carbocycles. The van der Waals surface area contributed by atoms with Crippen LogP contribution in [0.4, 0.5) is 0 Å². The maximum Gasteiger partial charge on any atom is 0.136 e. The van der Waals surface area contributed by atoms with Gasteiger partial charge in [-0.05, 0) is 120 Å². The van der Waals surface area contributed by atoms with Crippen molar-refractivity contribution >= 4 is 91.3 Å². The van der Waals surface area contributed by atoms with Crippen molar-refractivity contribution < 1.29 is 4.42 Å². The van der Waals surface area contributed by atoms with Gasteiger partial charge in [0.25, 0.3) is 0 Å². The molecule has 2 heterocycles. The highest BCUT2D eigenvalue weighted by Crippen LogP contribution is 2.47. The summed E-state index contributed by atoms with van der Waals surface area (Å²) in [4.78, 5) is 0. The summed E-state index contributed by atoms with van der Waals surface area (Å²) < 4.78 is 8.96. The number of thiophene rings is 1. The molecule has 0 radical (unpaired) electrons. The molecule has 1 atom stereocenters. The molecular formula is C52H32OS. The summed E-state index contributed by atoms with van der Waals surface area (Å²) >= 11 is 1.87. The highest BCUT2D eigenvalue weighted by atomic mass is 32.1. The Morgan fingerprint density at radius 1 is 0.481 bits per heavy atom. The van der Waals surface area contributed by atoms with Crippen molar-refractivity contribution in [3.8, 4) is 22.3 Å². The van der Waals surface area contributed by atoms with Crippen LogP contribution in [0.15, 0.2) is 186 Å². The Kier molecular flexibility index (Phi) is 6.40. The van der Waals surface area contributed by atoms with Gasteiger partial charge in [0.05, 0.1) is 0 Å². The molecule has 2 aliphatic carbocycles. The first-order valence-electron chi connectivity index (χ1n) is 18.8. The first kappa shape index (κ1) is 30.0. The third-order valence-corrected chi connectivity index (χ3v) is 12.9. The summed E-state index contributed by atoms with van der Waals surface area (Å²) in [5, 5.41) is 12.6. The van der Waals surface area contributed by atoms with E-state index in [1.54, 1.807) is 0 Å². The van der Waals surface area contributed by atoms with Crippen molar-refractivity contribution in [2.75, 3.05) is 0 Å². The maximum absolute atomic E-state index is 6.36. The van der Waals surface area contributed by atoms with Gasteiger partial charge in [0, 0.05) is 36.9 Å². The van der Waals surface area contributed by atoms with Crippen molar-refractivity contribution in [2.45, 2.75) is 6.42 Å². The van der Waals surface area contributed by atoms with E-state index >= 15 is 0 Å². The van der Waals surface area contributed by atoms with E-state index in [-0.39, 0.29) is 0 Å². The minimum absolute atomic E-state index is 0.422. The molecule has 2 aromatic heterocycles. The van der Waals surface area contributed by atoms with Crippen molar-refractivity contribution in [1.29, 1.82) is 0 Å². The fourth-order valence-electron chi connectivity index (χ4n) is 9.29. The van der Waals surface area contributed by atoms with Crippen molar-refractivity contribution in [3.63, 3.8) is 0 Å². The monoisotopic (exact) mass is 704 g/mol. The van der Waals surface area contributed by atoms with Crippen LogP contribution in [0.3, 0.4) is 0 Å². The lowest BCUT2D eigenvalue weighted by Gasteiger charge is -2.25. The number of furan rings is 1. The Bertz CT molecular complexity index is 3300. The van der Waals surface area contributed by atoms with Gasteiger partial charge in [-0.1, -0.05) is 134 Å². The quantitative estimate of drug-likeness (QED) is 0.167. The third-order valence-electron chi connectivity index (χ3n) is 11.8. The van der Waals surface area contributed by atoms with Gasteiger partial charge in [0.1, 0.15) is 11.2 Å². The maximum atomic E-state index is 6.36. The molecule has 0 amide bonds. The summed E-state index contributed by atoms with van der Waals surface area (Å²) in [7, 11) is 0. The van der Waals surface area contributed by atoms with Crippen LogP contribution in [0.1, 0.15) is 12.0 Å². The minimum Gasteiger partial charge on any atom is -0.456 e. The van der Waals surface area contributed by atoms with Gasteiger partial charge in [0.2, 0.25) is 0 Å². The molecular weight excluding hydrogens is 673 g/mol. The molecule has 0 spiro atoms. The zero-order valence-electron chi connectivity index (χ0n) is 29.3. The number of benzene rings is 8. The van der Waals surface area contributed by atoms with Crippen LogP contribution in [-0.2, 0) is 0 Å². The lowest BCUT2D eigenvalue weighted by atomic mass is 9.78. The number of allylic oxidation sites excluding steroid dienone is 8. The van der Waals surface area contributed by atoms with E-state index in [0.29, 0.717) is 5.92 Å². The standard InChI is InChI=1S/C52H32OS/c1-2-11-32-26-37(21-20-31(32)10-1)51-41-17-5-3-15-39(41)50(40-16-4-6-18-42(40)51)36-13-9-12-33(27-36)34-22-24-48-45(28-34)52-43-30-47-44(29-35(43)23-25-49(52)54-48)38-14-7-8-19-46(38)53-47/h1-25,27-30,32H,26H2. The predicted octanol–water partition coefficient (Wildman–Crippen LogP) is 15.2. The highest BCUT2D eigenvalue weighted by Gasteiger charge is 2.23. The Hall–Kier alpha value is -6.48. The van der Waals surface area contributed by atoms with Crippen molar-refractivity contribution in [2.24, 2.45) is 5.92 Å². The Balaban J connectivity index is 1.04. The van der Waals surface area contributed by atoms with Gasteiger partial charge in [-0.15, -0.1) is 11.3 Å². The Morgan fingerprint density at radius 2 is 1.20 bits per heavy atom. The second-order valence-electron chi connectivity index (χ2n) is 14.8. The molecule has 0 saturated heterocycles. The third kappa shape index (κ3) is 4.44. The van der Waals surface area contributed by atoms with Gasteiger partial charge in [-0.3, -0.25) is 0 Å². The van der Waals surface area contributed by atoms with Crippen LogP contribution >= 0.6 is 11.3 Å². The highest BCUT2D eigenvalue weighted by molar-refractivity contribution is 7.26. The molecule has 1 unspecified atom stereocenters. The second-order valence-corrected chi connectivity index (χ2v) is 15.8. The zero-order chi connectivity index (χ0) is 35.3. The van der Waals surface area contributed by atoms with Crippen LogP contribution in [0.5, 0.6) is 0 Å². The summed E-state index contributed by atoms with van der Waals surface area (Å²) in [6, 6.07) is 51.7. The lowest BCUT2D eigenvalue weighted by Crippen LogP contribution is -2.07. The molecule has 2 heteroatoms. The SMILES string of the molecule is C1=CC2=CC=C(c3c4ccccc4c(-c4cccc(-c5ccc6sc7ccc8cc9c(cc8c7c6c5)oc5ccccc59)c4)c4ccccc34)CC2C=C1. The average Bonchev–Trinajstić information content (AvgIpc) is 3.79. The first-order chi connectivity index (χ1) is 26.7. The summed E-state index contributed by atoms with van der Waals surface area (Å²) in [5.74, 6) is 0.422. The molecule has 0 bridgehead atoms. The van der Waals surface area contributed by atoms with Crippen molar-refractivity contribution in [1.82, 2.24) is 0 Å². The summed E-state index contributed by atoms with van der Waals surface area (Å²) in [5.41, 5.74) is 11.0. The fourth-order valence-corrected chi connectivity index (χ4v) is 10.4. The molecule has 0 aliphatic heterocycles. The van der Waals surface area contributed by atoms with Gasteiger partial charge in [-0.2, -0.15) is 0 Å². The smallest absolute Gasteiger partial charge is 0.136 e. The van der Waals surface area contributed by atoms with Crippen LogP contribution in [0, 0.1) is 5.92 Å². The van der Waals surface area contributed by atoms with Crippen molar-refractivity contribution in [3.05, 3.63) is 187 Å². The number of hydrogen-bond acceptors (Lipinski definition) is 2. The summed E-state index contributed by atoms with van der Waals surface area (Å²) in [6.45, 7) is 0. The van der Waals surface area contributed by atoms with E-state index < -0.39 is 0 Å². The molecule has 252 valence electrons. The van der Waals surface area contributed by atoms with Crippen LogP contribution < -0.4 is 0 Å². The number of fused-ring (bicyclic) bond motifs is 11. The predicted molar refractivity (Wildman–Crippen MR) is 232 cm³/mol. The lowest BCUT2D eigenvalue weighted by molar-refractivity contribution is 0.669. The molecule has 2 aliphatic rings. The van der Waals surface area contributed by atoms with E-state index in [0.717, 1.165) is 17.6 Å². The van der Waals surface area contributed by atoms with Gasteiger partial charge in [0.15, 0.2) is 0 Å². The van der Waals surface area contributed by atoms with E-state index in [4.69, 9.17) is 4.42 Å². The van der Waals surface area contributed by atoms with Crippen LogP contribution in [0.2, 0.25) is 0 Å². The average molecular weight is 705 g/mol. The normalized spacial score (nSPS) is 15.6. The molecule has 1 nitrogen and oxygen atoms in total. The number of hydrogen-bond donors (Lipinski definition) is 0. The molecule has 0 saturated carbocycles. The number of para-hydroxylation sites is 1. The molecule has 0 N–H and O–H groups in total. The van der Waals surface area contributed by atoms with Crippen LogP contribution in [-0.4, -0.2) is 0 Å². The second kappa shape index (κ2) is 11.5. The fraction of sp³-hybridized carbons (Fsp3) is 0.0385. The van der Waals surface area contributed by atoms with E-state index in [9.17, 15) is 0 Å². The summed E-state index contributed by atoms with van der Waals surface area (Å²) in [6.07, 6.45) is 14.6. The van der Waals surface area contributed by atoms with E-state index in [2.05, 4.69) is 170 Å². The van der Waals surface area contributed by atoms with Gasteiger partial charge in [-0.25, -0.2) is 0 Å². The van der Waals surface area contributed by atoms with Gasteiger partial charge < -0.3 is 4.42 Å². The largest absolute Gasteiger partial charge is 0.456 e. The molecule has 0 fully saturated rings. The molecule has 10 aromatic rings. The number of rotatable bonds is 3. The topological polar surface area (TPSA) is 13.1 Å². The van der Waals surface area contributed by atoms with Crippen LogP contribution in [0.25, 0.3) is 102 Å².